The molecule has 2 saturated heterocycles. The van der Waals surface area contributed by atoms with Gasteiger partial charge in [-0.05, 0) is 43.5 Å². The number of nitrogens with zero attached hydrogens (tertiary/aromatic N) is 2. The average molecular weight is 335 g/mol. The fourth-order valence-corrected chi connectivity index (χ4v) is 4.19. The first kappa shape index (κ1) is 16.2. The number of amides is 1. The lowest BCUT2D eigenvalue weighted by Gasteiger charge is -2.44. The quantitative estimate of drug-likeness (QED) is 0.933. The van der Waals surface area contributed by atoms with Crippen LogP contribution in [0.15, 0.2) is 60.7 Å². The fraction of sp³-hybridized carbons (Fsp3) is 0.381. The van der Waals surface area contributed by atoms with Crippen molar-refractivity contribution in [1.82, 2.24) is 10.2 Å². The molecule has 2 aliphatic heterocycles. The summed E-state index contributed by atoms with van der Waals surface area (Å²) in [6.45, 7) is 3.49. The lowest BCUT2D eigenvalue weighted by molar-refractivity contribution is -0.125. The molecule has 1 amide bonds. The van der Waals surface area contributed by atoms with E-state index in [4.69, 9.17) is 0 Å². The van der Waals surface area contributed by atoms with E-state index in [0.29, 0.717) is 6.67 Å². The van der Waals surface area contributed by atoms with Crippen molar-refractivity contribution in [2.24, 2.45) is 0 Å². The highest BCUT2D eigenvalue weighted by molar-refractivity contribution is 5.93. The number of benzene rings is 2. The van der Waals surface area contributed by atoms with Crippen molar-refractivity contribution in [3.8, 4) is 0 Å². The van der Waals surface area contributed by atoms with Crippen molar-refractivity contribution in [3.63, 3.8) is 0 Å². The topological polar surface area (TPSA) is 35.6 Å². The molecule has 1 atom stereocenters. The molecule has 0 saturated carbocycles. The number of hydrogen-bond donors (Lipinski definition) is 1. The minimum absolute atomic E-state index is 0.181. The lowest BCUT2D eigenvalue weighted by Crippen LogP contribution is -2.60. The first-order chi connectivity index (χ1) is 12.3. The molecule has 0 bridgehead atoms. The zero-order valence-corrected chi connectivity index (χ0v) is 14.5. The summed E-state index contributed by atoms with van der Waals surface area (Å²) in [7, 11) is 0. The maximum absolute atomic E-state index is 12.8. The Morgan fingerprint density at radius 1 is 1.00 bits per heavy atom. The lowest BCUT2D eigenvalue weighted by atomic mass is 9.87. The molecule has 4 rings (SSSR count). The van der Waals surface area contributed by atoms with E-state index in [1.165, 1.54) is 5.56 Å². The molecule has 0 radical (unpaired) electrons. The second-order valence-corrected chi connectivity index (χ2v) is 7.07. The van der Waals surface area contributed by atoms with Crippen molar-refractivity contribution in [1.29, 1.82) is 0 Å². The van der Waals surface area contributed by atoms with Gasteiger partial charge in [0, 0.05) is 18.8 Å². The van der Waals surface area contributed by atoms with Crippen LogP contribution < -0.4 is 10.2 Å². The molecule has 2 aromatic rings. The van der Waals surface area contributed by atoms with E-state index < -0.39 is 5.54 Å². The number of para-hydroxylation sites is 1. The zero-order valence-electron chi connectivity index (χ0n) is 14.5. The van der Waals surface area contributed by atoms with Crippen LogP contribution in [-0.4, -0.2) is 42.6 Å². The largest absolute Gasteiger partial charge is 0.338 e. The number of carbonyl (C=O) groups excluding carboxylic acids is 1. The SMILES string of the molecule is O=C1NCN(c2ccccc2)[C@]12CCCN(CCc1ccccc1)C2. The number of anilines is 1. The van der Waals surface area contributed by atoms with Crippen molar-refractivity contribution < 1.29 is 4.79 Å². The van der Waals surface area contributed by atoms with E-state index in [9.17, 15) is 4.79 Å². The summed E-state index contributed by atoms with van der Waals surface area (Å²) >= 11 is 0. The van der Waals surface area contributed by atoms with Crippen molar-refractivity contribution in [3.05, 3.63) is 66.2 Å². The average Bonchev–Trinajstić information content (AvgIpc) is 2.97. The molecule has 0 unspecified atom stereocenters. The maximum atomic E-state index is 12.8. The summed E-state index contributed by atoms with van der Waals surface area (Å²) in [5.74, 6) is 0.181. The minimum Gasteiger partial charge on any atom is -0.338 e. The van der Waals surface area contributed by atoms with E-state index in [0.717, 1.165) is 44.6 Å². The highest BCUT2D eigenvalue weighted by Gasteiger charge is 2.50. The number of nitrogens with one attached hydrogen (secondary N) is 1. The van der Waals surface area contributed by atoms with Gasteiger partial charge >= 0.3 is 0 Å². The van der Waals surface area contributed by atoms with Gasteiger partial charge in [-0.15, -0.1) is 0 Å². The van der Waals surface area contributed by atoms with Gasteiger partial charge in [-0.1, -0.05) is 48.5 Å². The standard InChI is InChI=1S/C21H25N3O/c25-20-21(24(17-22-20)19-10-5-2-6-11-19)13-7-14-23(16-21)15-12-18-8-3-1-4-9-18/h1-6,8-11H,7,12-17H2,(H,22,25)/t21-/m0/s1. The van der Waals surface area contributed by atoms with Gasteiger partial charge in [0.05, 0.1) is 6.67 Å². The number of likely N-dealkylation sites (tertiary alicyclic amines) is 1. The molecule has 0 aromatic heterocycles. The third-order valence-corrected chi connectivity index (χ3v) is 5.51. The number of carbonyl (C=O) groups is 1. The van der Waals surface area contributed by atoms with Crippen LogP contribution in [0.25, 0.3) is 0 Å². The van der Waals surface area contributed by atoms with Gasteiger partial charge in [0.1, 0.15) is 5.54 Å². The monoisotopic (exact) mass is 335 g/mol. The van der Waals surface area contributed by atoms with Gasteiger partial charge in [-0.25, -0.2) is 0 Å². The molecule has 25 heavy (non-hydrogen) atoms. The third kappa shape index (κ3) is 3.14. The molecule has 4 nitrogen and oxygen atoms in total. The maximum Gasteiger partial charge on any atom is 0.248 e. The van der Waals surface area contributed by atoms with Gasteiger partial charge in [0.15, 0.2) is 0 Å². The molecule has 2 heterocycles. The van der Waals surface area contributed by atoms with E-state index in [2.05, 4.69) is 57.6 Å². The number of piperidine rings is 1. The number of hydrogen-bond acceptors (Lipinski definition) is 3. The van der Waals surface area contributed by atoms with Crippen LogP contribution >= 0.6 is 0 Å². The van der Waals surface area contributed by atoms with Crippen LogP contribution in [0.5, 0.6) is 0 Å². The predicted octanol–water partition coefficient (Wildman–Crippen LogP) is 2.66. The van der Waals surface area contributed by atoms with Gasteiger partial charge in [0.2, 0.25) is 5.91 Å². The molecule has 2 aromatic carbocycles. The smallest absolute Gasteiger partial charge is 0.248 e. The summed E-state index contributed by atoms with van der Waals surface area (Å²) in [6.07, 6.45) is 3.02. The summed E-state index contributed by atoms with van der Waals surface area (Å²) in [6, 6.07) is 20.9. The molecule has 2 aliphatic rings. The molecular weight excluding hydrogens is 310 g/mol. The molecule has 0 aliphatic carbocycles. The van der Waals surface area contributed by atoms with Crippen LogP contribution in [0, 0.1) is 0 Å². The van der Waals surface area contributed by atoms with Gasteiger partial charge in [-0.2, -0.15) is 0 Å². The Labute approximate surface area is 149 Å². The minimum atomic E-state index is -0.420. The van der Waals surface area contributed by atoms with E-state index in [-0.39, 0.29) is 5.91 Å². The molecule has 1 N–H and O–H groups in total. The molecule has 1 spiro atoms. The second-order valence-electron chi connectivity index (χ2n) is 7.07. The highest BCUT2D eigenvalue weighted by Crippen LogP contribution is 2.35. The Morgan fingerprint density at radius 3 is 2.48 bits per heavy atom. The molecule has 4 heteroatoms. The molecule has 2 fully saturated rings. The summed E-state index contributed by atoms with van der Waals surface area (Å²) < 4.78 is 0. The van der Waals surface area contributed by atoms with E-state index in [1.807, 2.05) is 18.2 Å². The zero-order chi connectivity index (χ0) is 17.1. The van der Waals surface area contributed by atoms with Gasteiger partial charge < -0.3 is 15.1 Å². The van der Waals surface area contributed by atoms with Crippen molar-refractivity contribution in [2.45, 2.75) is 24.8 Å². The van der Waals surface area contributed by atoms with Crippen molar-refractivity contribution in [2.75, 3.05) is 31.2 Å². The Bertz CT molecular complexity index is 718. The Balaban J connectivity index is 1.50. The van der Waals surface area contributed by atoms with Crippen LogP contribution in [0.4, 0.5) is 5.69 Å². The molecular formula is C21H25N3O. The Morgan fingerprint density at radius 2 is 1.72 bits per heavy atom. The van der Waals surface area contributed by atoms with Gasteiger partial charge in [-0.3, -0.25) is 4.79 Å². The van der Waals surface area contributed by atoms with Crippen LogP contribution in [-0.2, 0) is 11.2 Å². The van der Waals surface area contributed by atoms with Gasteiger partial charge in [0.25, 0.3) is 0 Å². The summed E-state index contributed by atoms with van der Waals surface area (Å²) in [4.78, 5) is 17.5. The third-order valence-electron chi connectivity index (χ3n) is 5.51. The Hall–Kier alpha value is -2.33. The first-order valence-electron chi connectivity index (χ1n) is 9.15. The number of rotatable bonds is 4. The van der Waals surface area contributed by atoms with Crippen LogP contribution in [0.1, 0.15) is 18.4 Å². The second kappa shape index (κ2) is 6.89. The fourth-order valence-electron chi connectivity index (χ4n) is 4.19. The summed E-state index contributed by atoms with van der Waals surface area (Å²) in [5, 5.41) is 3.08. The highest BCUT2D eigenvalue weighted by atomic mass is 16.2. The van der Waals surface area contributed by atoms with E-state index >= 15 is 0 Å². The predicted molar refractivity (Wildman–Crippen MR) is 100 cm³/mol. The van der Waals surface area contributed by atoms with E-state index in [1.54, 1.807) is 0 Å². The van der Waals surface area contributed by atoms with Crippen LogP contribution in [0.2, 0.25) is 0 Å². The normalized spacial score (nSPS) is 23.8. The Kier molecular flexibility index (Phi) is 4.45. The summed E-state index contributed by atoms with van der Waals surface area (Å²) in [5.41, 5.74) is 2.07. The first-order valence-corrected chi connectivity index (χ1v) is 9.15. The molecule has 130 valence electrons. The van der Waals surface area contributed by atoms with Crippen molar-refractivity contribution >= 4 is 11.6 Å². The van der Waals surface area contributed by atoms with Crippen LogP contribution in [0.3, 0.4) is 0 Å².